The Balaban J connectivity index is 1.99. The maximum atomic E-state index is 12.1. The van der Waals surface area contributed by atoms with Crippen LogP contribution in [0.25, 0.3) is 0 Å². The molecule has 0 radical (unpaired) electrons. The van der Waals surface area contributed by atoms with Gasteiger partial charge in [-0.3, -0.25) is 5.10 Å². The molecular formula is C13H19N3O2S2. The van der Waals surface area contributed by atoms with E-state index in [1.807, 2.05) is 26.8 Å². The molecule has 0 saturated carbocycles. The van der Waals surface area contributed by atoms with E-state index in [0.29, 0.717) is 17.2 Å². The second-order valence-corrected chi connectivity index (χ2v) is 7.80. The Bertz CT molecular complexity index is 667. The van der Waals surface area contributed by atoms with Gasteiger partial charge >= 0.3 is 0 Å². The van der Waals surface area contributed by atoms with Crippen LogP contribution in [-0.4, -0.2) is 25.2 Å². The molecule has 0 spiro atoms. The van der Waals surface area contributed by atoms with E-state index >= 15 is 0 Å². The molecule has 0 amide bonds. The normalized spacial score (nSPS) is 11.9. The van der Waals surface area contributed by atoms with Gasteiger partial charge in [-0.25, -0.2) is 13.1 Å². The van der Waals surface area contributed by atoms with Crippen molar-refractivity contribution in [2.75, 3.05) is 6.54 Å². The Labute approximate surface area is 123 Å². The van der Waals surface area contributed by atoms with Gasteiger partial charge in [0.1, 0.15) is 4.21 Å². The van der Waals surface area contributed by atoms with E-state index in [9.17, 15) is 8.42 Å². The van der Waals surface area contributed by atoms with Crippen LogP contribution < -0.4 is 4.72 Å². The molecule has 0 aliphatic heterocycles. The number of aromatic nitrogens is 2. The number of hydrogen-bond acceptors (Lipinski definition) is 4. The van der Waals surface area contributed by atoms with Crippen LogP contribution in [-0.2, 0) is 22.9 Å². The lowest BCUT2D eigenvalue weighted by molar-refractivity contribution is 0.583. The molecule has 0 unspecified atom stereocenters. The Morgan fingerprint density at radius 2 is 2.10 bits per heavy atom. The largest absolute Gasteiger partial charge is 0.282 e. The summed E-state index contributed by atoms with van der Waals surface area (Å²) in [6.45, 7) is 6.25. The highest BCUT2D eigenvalue weighted by molar-refractivity contribution is 7.91. The molecular weight excluding hydrogens is 294 g/mol. The number of rotatable bonds is 6. The molecule has 7 heteroatoms. The molecule has 2 N–H and O–H groups in total. The third-order valence-corrected chi connectivity index (χ3v) is 6.38. The van der Waals surface area contributed by atoms with Crippen molar-refractivity contribution in [3.63, 3.8) is 0 Å². The van der Waals surface area contributed by atoms with Crippen LogP contribution in [0.3, 0.4) is 0 Å². The van der Waals surface area contributed by atoms with Gasteiger partial charge in [0, 0.05) is 17.1 Å². The molecule has 0 fully saturated rings. The number of aromatic amines is 1. The van der Waals surface area contributed by atoms with Gasteiger partial charge in [-0.15, -0.1) is 11.3 Å². The Morgan fingerprint density at radius 1 is 1.35 bits per heavy atom. The van der Waals surface area contributed by atoms with E-state index in [4.69, 9.17) is 0 Å². The fourth-order valence-corrected chi connectivity index (χ4v) is 4.39. The number of H-pyrrole nitrogens is 1. The SMILES string of the molecule is CCc1ccc(S(=O)(=O)NCCc2c(C)n[nH]c2C)s1. The maximum Gasteiger partial charge on any atom is 0.250 e. The van der Waals surface area contributed by atoms with Crippen LogP contribution in [0, 0.1) is 13.8 Å². The minimum Gasteiger partial charge on any atom is -0.282 e. The monoisotopic (exact) mass is 313 g/mol. The molecule has 2 aromatic heterocycles. The highest BCUT2D eigenvalue weighted by Gasteiger charge is 2.16. The summed E-state index contributed by atoms with van der Waals surface area (Å²) in [4.78, 5) is 1.08. The predicted octanol–water partition coefficient (Wildman–Crippen LogP) is 2.17. The third kappa shape index (κ3) is 3.28. The molecule has 0 aliphatic rings. The highest BCUT2D eigenvalue weighted by atomic mass is 32.2. The molecule has 0 saturated heterocycles. The molecule has 5 nitrogen and oxygen atoms in total. The van der Waals surface area contributed by atoms with Crippen molar-refractivity contribution in [2.24, 2.45) is 0 Å². The fourth-order valence-electron chi connectivity index (χ4n) is 2.02. The summed E-state index contributed by atoms with van der Waals surface area (Å²) >= 11 is 1.33. The minimum atomic E-state index is -3.39. The van der Waals surface area contributed by atoms with Crippen molar-refractivity contribution in [3.8, 4) is 0 Å². The van der Waals surface area contributed by atoms with Gasteiger partial charge in [-0.1, -0.05) is 6.92 Å². The predicted molar refractivity (Wildman–Crippen MR) is 80.7 cm³/mol. The number of nitrogens with one attached hydrogen (secondary N) is 2. The first-order chi connectivity index (χ1) is 9.44. The molecule has 110 valence electrons. The topological polar surface area (TPSA) is 74.8 Å². The first-order valence-electron chi connectivity index (χ1n) is 6.53. The lowest BCUT2D eigenvalue weighted by atomic mass is 10.1. The van der Waals surface area contributed by atoms with Gasteiger partial charge < -0.3 is 0 Å². The van der Waals surface area contributed by atoms with Gasteiger partial charge in [-0.05, 0) is 44.4 Å². The summed E-state index contributed by atoms with van der Waals surface area (Å²) in [5, 5.41) is 7.01. The number of thiophene rings is 1. The van der Waals surface area contributed by atoms with Gasteiger partial charge in [0.05, 0.1) is 5.69 Å². The number of hydrogen-bond donors (Lipinski definition) is 2. The smallest absolute Gasteiger partial charge is 0.250 e. The van der Waals surface area contributed by atoms with Crippen LogP contribution in [0.15, 0.2) is 16.3 Å². The molecule has 2 rings (SSSR count). The zero-order valence-electron chi connectivity index (χ0n) is 11.9. The summed E-state index contributed by atoms with van der Waals surface area (Å²) < 4.78 is 27.3. The molecule has 0 aliphatic carbocycles. The molecule has 2 heterocycles. The minimum absolute atomic E-state index is 0.378. The highest BCUT2D eigenvalue weighted by Crippen LogP contribution is 2.21. The number of aryl methyl sites for hydroxylation is 3. The van der Waals surface area contributed by atoms with Crippen LogP contribution in [0.2, 0.25) is 0 Å². The molecule has 2 aromatic rings. The van der Waals surface area contributed by atoms with E-state index in [0.717, 1.165) is 28.2 Å². The third-order valence-electron chi connectivity index (χ3n) is 3.20. The van der Waals surface area contributed by atoms with Gasteiger partial charge in [-0.2, -0.15) is 5.10 Å². The Hall–Kier alpha value is -1.18. The standard InChI is InChI=1S/C13H19N3O2S2/c1-4-11-5-6-13(19-11)20(17,18)14-8-7-12-9(2)15-16-10(12)3/h5-6,14H,4,7-8H2,1-3H3,(H,15,16). The van der Waals surface area contributed by atoms with Crippen molar-refractivity contribution in [2.45, 2.75) is 37.8 Å². The maximum absolute atomic E-state index is 12.1. The van der Waals surface area contributed by atoms with Gasteiger partial charge in [0.15, 0.2) is 0 Å². The molecule has 20 heavy (non-hydrogen) atoms. The van der Waals surface area contributed by atoms with Crippen molar-refractivity contribution < 1.29 is 8.42 Å². The van der Waals surface area contributed by atoms with Gasteiger partial charge in [0.2, 0.25) is 10.0 Å². The second-order valence-electron chi connectivity index (χ2n) is 4.63. The lowest BCUT2D eigenvalue weighted by Crippen LogP contribution is -2.25. The Kier molecular flexibility index (Phi) is 4.62. The van der Waals surface area contributed by atoms with Crippen LogP contribution in [0.5, 0.6) is 0 Å². The zero-order valence-corrected chi connectivity index (χ0v) is 13.5. The van der Waals surface area contributed by atoms with Crippen LogP contribution in [0.1, 0.15) is 28.8 Å². The summed E-state index contributed by atoms with van der Waals surface area (Å²) in [5.74, 6) is 0. The molecule has 0 bridgehead atoms. The first-order valence-corrected chi connectivity index (χ1v) is 8.83. The summed E-state index contributed by atoms with van der Waals surface area (Å²) in [7, 11) is -3.39. The molecule has 0 atom stereocenters. The Morgan fingerprint density at radius 3 is 2.65 bits per heavy atom. The summed E-state index contributed by atoms with van der Waals surface area (Å²) in [5.41, 5.74) is 2.99. The average Bonchev–Trinajstić information content (AvgIpc) is 3.00. The fraction of sp³-hybridized carbons (Fsp3) is 0.462. The van der Waals surface area contributed by atoms with Crippen molar-refractivity contribution in [1.82, 2.24) is 14.9 Å². The van der Waals surface area contributed by atoms with E-state index in [2.05, 4.69) is 14.9 Å². The van der Waals surface area contributed by atoms with Crippen LogP contribution in [0.4, 0.5) is 0 Å². The van der Waals surface area contributed by atoms with Crippen molar-refractivity contribution >= 4 is 21.4 Å². The quantitative estimate of drug-likeness (QED) is 0.858. The number of sulfonamides is 1. The van der Waals surface area contributed by atoms with E-state index in [1.165, 1.54) is 11.3 Å². The van der Waals surface area contributed by atoms with Gasteiger partial charge in [0.25, 0.3) is 0 Å². The number of nitrogens with zero attached hydrogens (tertiary/aromatic N) is 1. The van der Waals surface area contributed by atoms with E-state index in [-0.39, 0.29) is 0 Å². The first kappa shape index (κ1) is 15.2. The van der Waals surface area contributed by atoms with E-state index < -0.39 is 10.0 Å². The second kappa shape index (κ2) is 6.07. The lowest BCUT2D eigenvalue weighted by Gasteiger charge is -2.05. The zero-order chi connectivity index (χ0) is 14.8. The summed E-state index contributed by atoms with van der Waals surface area (Å²) in [6.07, 6.45) is 1.49. The van der Waals surface area contributed by atoms with Crippen LogP contribution >= 0.6 is 11.3 Å². The van der Waals surface area contributed by atoms with Crippen molar-refractivity contribution in [1.29, 1.82) is 0 Å². The average molecular weight is 313 g/mol. The summed E-state index contributed by atoms with van der Waals surface area (Å²) in [6, 6.07) is 3.53. The van der Waals surface area contributed by atoms with Crippen molar-refractivity contribution in [3.05, 3.63) is 34.0 Å². The van der Waals surface area contributed by atoms with E-state index in [1.54, 1.807) is 6.07 Å². The molecule has 0 aromatic carbocycles.